The van der Waals surface area contributed by atoms with Crippen molar-refractivity contribution in [1.29, 1.82) is 0 Å². The highest BCUT2D eigenvalue weighted by Gasteiger charge is 2.05. The molecule has 1 heterocycles. The summed E-state index contributed by atoms with van der Waals surface area (Å²) in [5.41, 5.74) is 2.59. The topological polar surface area (TPSA) is 42.3 Å². The molecule has 0 N–H and O–H groups in total. The molecule has 0 aliphatic carbocycles. The number of hydrogen-bond acceptors (Lipinski definition) is 3. The SMILES string of the molecule is CN=C(/C(C)=C\C(C)=O)c1cccnc1. The molecule has 0 atom stereocenters. The van der Waals surface area contributed by atoms with E-state index < -0.39 is 0 Å². The van der Waals surface area contributed by atoms with Crippen molar-refractivity contribution in [1.82, 2.24) is 4.98 Å². The monoisotopic (exact) mass is 202 g/mol. The number of allylic oxidation sites excluding steroid dienone is 2. The van der Waals surface area contributed by atoms with Crippen LogP contribution in [0.1, 0.15) is 19.4 Å². The lowest BCUT2D eigenvalue weighted by atomic mass is 10.0. The van der Waals surface area contributed by atoms with Crippen molar-refractivity contribution in [3.63, 3.8) is 0 Å². The number of nitrogens with zero attached hydrogens (tertiary/aromatic N) is 2. The van der Waals surface area contributed by atoms with Gasteiger partial charge in [0.2, 0.25) is 0 Å². The van der Waals surface area contributed by atoms with Crippen LogP contribution in [0.3, 0.4) is 0 Å². The molecule has 1 aromatic heterocycles. The standard InChI is InChI=1S/C12H14N2O/c1-9(7-10(2)15)12(13-3)11-5-4-6-14-8-11/h4-8H,1-3H3/b9-7-,13-12?. The summed E-state index contributed by atoms with van der Waals surface area (Å²) >= 11 is 0. The summed E-state index contributed by atoms with van der Waals surface area (Å²) in [6.07, 6.45) is 5.02. The van der Waals surface area contributed by atoms with Crippen LogP contribution in [-0.4, -0.2) is 23.5 Å². The molecule has 15 heavy (non-hydrogen) atoms. The van der Waals surface area contributed by atoms with Crippen LogP contribution in [0.15, 0.2) is 41.2 Å². The summed E-state index contributed by atoms with van der Waals surface area (Å²) in [5.74, 6) is 0.0255. The summed E-state index contributed by atoms with van der Waals surface area (Å²) in [6.45, 7) is 3.40. The quantitative estimate of drug-likeness (QED) is 0.556. The molecule has 78 valence electrons. The minimum absolute atomic E-state index is 0.0255. The fourth-order valence-corrected chi connectivity index (χ4v) is 1.41. The predicted octanol–water partition coefficient (Wildman–Crippen LogP) is 2.04. The average molecular weight is 202 g/mol. The molecule has 1 aromatic rings. The molecular formula is C12H14N2O. The molecule has 0 spiro atoms. The van der Waals surface area contributed by atoms with Crippen molar-refractivity contribution < 1.29 is 4.79 Å². The second-order valence-electron chi connectivity index (χ2n) is 3.25. The fourth-order valence-electron chi connectivity index (χ4n) is 1.41. The van der Waals surface area contributed by atoms with Gasteiger partial charge in [-0.3, -0.25) is 14.8 Å². The van der Waals surface area contributed by atoms with E-state index in [2.05, 4.69) is 9.98 Å². The number of carbonyl (C=O) groups is 1. The highest BCUT2D eigenvalue weighted by atomic mass is 16.1. The lowest BCUT2D eigenvalue weighted by Crippen LogP contribution is -2.04. The number of rotatable bonds is 3. The number of aliphatic imine (C=N–C) groups is 1. The maximum atomic E-state index is 11.0. The summed E-state index contributed by atoms with van der Waals surface area (Å²) in [4.78, 5) is 19.1. The third-order valence-corrected chi connectivity index (χ3v) is 1.95. The maximum absolute atomic E-state index is 11.0. The van der Waals surface area contributed by atoms with Gasteiger partial charge in [-0.1, -0.05) is 0 Å². The number of pyridine rings is 1. The number of ketones is 1. The van der Waals surface area contributed by atoms with Crippen LogP contribution < -0.4 is 0 Å². The molecule has 1 rings (SSSR count). The Morgan fingerprint density at radius 1 is 1.47 bits per heavy atom. The Kier molecular flexibility index (Phi) is 3.92. The largest absolute Gasteiger partial charge is 0.295 e. The summed E-state index contributed by atoms with van der Waals surface area (Å²) in [6, 6.07) is 3.77. The summed E-state index contributed by atoms with van der Waals surface area (Å²) in [5, 5.41) is 0. The van der Waals surface area contributed by atoms with E-state index in [1.807, 2.05) is 19.1 Å². The smallest absolute Gasteiger partial charge is 0.152 e. The van der Waals surface area contributed by atoms with E-state index in [9.17, 15) is 4.79 Å². The van der Waals surface area contributed by atoms with Gasteiger partial charge in [-0.25, -0.2) is 0 Å². The normalized spacial score (nSPS) is 12.7. The van der Waals surface area contributed by atoms with Gasteiger partial charge >= 0.3 is 0 Å². The molecule has 0 saturated heterocycles. The van der Waals surface area contributed by atoms with E-state index in [1.54, 1.807) is 25.5 Å². The Morgan fingerprint density at radius 3 is 2.67 bits per heavy atom. The highest BCUT2D eigenvalue weighted by Crippen LogP contribution is 2.07. The fraction of sp³-hybridized carbons (Fsp3) is 0.250. The first kappa shape index (κ1) is 11.3. The van der Waals surface area contributed by atoms with Crippen LogP contribution in [0.2, 0.25) is 0 Å². The van der Waals surface area contributed by atoms with E-state index in [0.717, 1.165) is 16.8 Å². The lowest BCUT2D eigenvalue weighted by Gasteiger charge is -2.04. The first-order valence-corrected chi connectivity index (χ1v) is 4.71. The predicted molar refractivity (Wildman–Crippen MR) is 61.1 cm³/mol. The molecule has 3 heteroatoms. The average Bonchev–Trinajstić information content (AvgIpc) is 2.19. The van der Waals surface area contributed by atoms with E-state index in [4.69, 9.17) is 0 Å². The molecule has 0 radical (unpaired) electrons. The number of aromatic nitrogens is 1. The van der Waals surface area contributed by atoms with Gasteiger partial charge in [0.25, 0.3) is 0 Å². The van der Waals surface area contributed by atoms with Gasteiger partial charge in [-0.05, 0) is 37.6 Å². The maximum Gasteiger partial charge on any atom is 0.152 e. The van der Waals surface area contributed by atoms with E-state index in [0.29, 0.717) is 0 Å². The zero-order valence-corrected chi connectivity index (χ0v) is 9.19. The van der Waals surface area contributed by atoms with Gasteiger partial charge in [0, 0.05) is 25.0 Å². The number of carbonyl (C=O) groups excluding carboxylic acids is 1. The van der Waals surface area contributed by atoms with Crippen LogP contribution >= 0.6 is 0 Å². The Labute approximate surface area is 89.6 Å². The van der Waals surface area contributed by atoms with Gasteiger partial charge in [-0.2, -0.15) is 0 Å². The minimum atomic E-state index is 0.0255. The van der Waals surface area contributed by atoms with Gasteiger partial charge in [0.15, 0.2) is 5.78 Å². The Morgan fingerprint density at radius 2 is 2.20 bits per heavy atom. The van der Waals surface area contributed by atoms with Crippen LogP contribution in [-0.2, 0) is 4.79 Å². The van der Waals surface area contributed by atoms with Crippen LogP contribution in [0.25, 0.3) is 0 Å². The van der Waals surface area contributed by atoms with Gasteiger partial charge in [-0.15, -0.1) is 0 Å². The van der Waals surface area contributed by atoms with Gasteiger partial charge < -0.3 is 0 Å². The van der Waals surface area contributed by atoms with Crippen LogP contribution in [0.5, 0.6) is 0 Å². The van der Waals surface area contributed by atoms with Crippen LogP contribution in [0.4, 0.5) is 0 Å². The molecule has 0 bridgehead atoms. The van der Waals surface area contributed by atoms with Gasteiger partial charge in [0.05, 0.1) is 5.71 Å². The Balaban J connectivity index is 3.07. The van der Waals surface area contributed by atoms with Gasteiger partial charge in [0.1, 0.15) is 0 Å². The third kappa shape index (κ3) is 3.13. The molecule has 0 aromatic carbocycles. The van der Waals surface area contributed by atoms with E-state index in [-0.39, 0.29) is 5.78 Å². The molecule has 3 nitrogen and oxygen atoms in total. The van der Waals surface area contributed by atoms with Crippen molar-refractivity contribution in [3.05, 3.63) is 41.7 Å². The molecule has 0 aliphatic heterocycles. The molecule has 0 fully saturated rings. The van der Waals surface area contributed by atoms with E-state index in [1.165, 1.54) is 6.92 Å². The first-order valence-electron chi connectivity index (χ1n) is 4.71. The zero-order valence-electron chi connectivity index (χ0n) is 9.19. The van der Waals surface area contributed by atoms with Crippen molar-refractivity contribution >= 4 is 11.5 Å². The molecular weight excluding hydrogens is 188 g/mol. The van der Waals surface area contributed by atoms with Crippen molar-refractivity contribution in [2.24, 2.45) is 4.99 Å². The second-order valence-corrected chi connectivity index (χ2v) is 3.25. The molecule has 0 amide bonds. The lowest BCUT2D eigenvalue weighted by molar-refractivity contribution is -0.112. The minimum Gasteiger partial charge on any atom is -0.295 e. The second kappa shape index (κ2) is 5.20. The van der Waals surface area contributed by atoms with Crippen molar-refractivity contribution in [3.8, 4) is 0 Å². The first-order chi connectivity index (χ1) is 7.15. The zero-order chi connectivity index (χ0) is 11.3. The van der Waals surface area contributed by atoms with Crippen molar-refractivity contribution in [2.75, 3.05) is 7.05 Å². The molecule has 0 aliphatic rings. The summed E-state index contributed by atoms with van der Waals surface area (Å²) < 4.78 is 0. The third-order valence-electron chi connectivity index (χ3n) is 1.95. The highest BCUT2D eigenvalue weighted by molar-refractivity contribution is 6.14. The number of hydrogen-bond donors (Lipinski definition) is 0. The Hall–Kier alpha value is -1.77. The molecule has 0 unspecified atom stereocenters. The van der Waals surface area contributed by atoms with E-state index >= 15 is 0 Å². The Bertz CT molecular complexity index is 405. The summed E-state index contributed by atoms with van der Waals surface area (Å²) in [7, 11) is 1.71. The van der Waals surface area contributed by atoms with Crippen molar-refractivity contribution in [2.45, 2.75) is 13.8 Å². The molecule has 0 saturated carbocycles. The van der Waals surface area contributed by atoms with Crippen LogP contribution in [0, 0.1) is 0 Å².